The third kappa shape index (κ3) is 4.36. The summed E-state index contributed by atoms with van der Waals surface area (Å²) in [4.78, 5) is 19.0. The first kappa shape index (κ1) is 20.0. The van der Waals surface area contributed by atoms with E-state index in [1.807, 2.05) is 17.5 Å². The second kappa shape index (κ2) is 7.88. The van der Waals surface area contributed by atoms with E-state index < -0.39 is 0 Å². The molecule has 1 aliphatic rings. The van der Waals surface area contributed by atoms with Crippen LogP contribution in [-0.2, 0) is 16.1 Å². The first-order valence-corrected chi connectivity index (χ1v) is 10.8. The Balaban J connectivity index is 1.55. The lowest BCUT2D eigenvalue weighted by Crippen LogP contribution is -2.46. The van der Waals surface area contributed by atoms with Gasteiger partial charge in [0.2, 0.25) is 5.71 Å². The van der Waals surface area contributed by atoms with Crippen LogP contribution in [0.25, 0.3) is 22.4 Å². The van der Waals surface area contributed by atoms with E-state index in [1.54, 1.807) is 6.20 Å². The smallest absolute Gasteiger partial charge is 0.309 e. The molecule has 3 aromatic rings. The number of hydrogen-bond acceptors (Lipinski definition) is 7. The largest absolute Gasteiger partial charge is 0.469 e. The Morgan fingerprint density at radius 3 is 2.86 bits per heavy atom. The molecule has 1 fully saturated rings. The van der Waals surface area contributed by atoms with E-state index in [0.717, 1.165) is 35.4 Å². The fourth-order valence-electron chi connectivity index (χ4n) is 4.07. The van der Waals surface area contributed by atoms with Crippen molar-refractivity contribution < 1.29 is 13.9 Å². The van der Waals surface area contributed by atoms with Crippen LogP contribution < -0.4 is 0 Å². The molecule has 1 aliphatic heterocycles. The summed E-state index contributed by atoms with van der Waals surface area (Å²) in [5.41, 5.74) is 2.68. The monoisotopic (exact) mass is 413 g/mol. The molecule has 4 rings (SSSR count). The zero-order valence-corrected chi connectivity index (χ0v) is 18.2. The summed E-state index contributed by atoms with van der Waals surface area (Å²) >= 11 is 1.43. The number of nitrogens with zero attached hydrogens (tertiary/aromatic N) is 3. The molecule has 0 bridgehead atoms. The molecule has 0 amide bonds. The third-order valence-electron chi connectivity index (χ3n) is 5.82. The number of carbonyl (C=O) groups excluding carboxylic acids is 1. The lowest BCUT2D eigenvalue weighted by molar-refractivity contribution is -0.149. The molecule has 0 unspecified atom stereocenters. The van der Waals surface area contributed by atoms with Gasteiger partial charge in [0.1, 0.15) is 5.76 Å². The summed E-state index contributed by atoms with van der Waals surface area (Å²) in [6.45, 7) is 8.99. The lowest BCUT2D eigenvalue weighted by atomic mass is 9.73. The molecule has 7 heteroatoms. The average Bonchev–Trinajstić information content (AvgIpc) is 3.35. The summed E-state index contributed by atoms with van der Waals surface area (Å²) in [5.74, 6) is 1.06. The predicted molar refractivity (Wildman–Crippen MR) is 113 cm³/mol. The molecule has 29 heavy (non-hydrogen) atoms. The maximum atomic E-state index is 12.2. The summed E-state index contributed by atoms with van der Waals surface area (Å²) in [6, 6.07) is 6.10. The molecule has 0 radical (unpaired) electrons. The number of likely N-dealkylation sites (tertiary alicyclic amines) is 1. The summed E-state index contributed by atoms with van der Waals surface area (Å²) in [7, 11) is 1.47. The minimum atomic E-state index is -0.122. The highest BCUT2D eigenvalue weighted by atomic mass is 32.1. The number of rotatable bonds is 4. The molecule has 0 spiro atoms. The van der Waals surface area contributed by atoms with Crippen molar-refractivity contribution in [2.24, 2.45) is 17.3 Å². The molecule has 4 heterocycles. The number of piperidine rings is 1. The number of furan rings is 1. The van der Waals surface area contributed by atoms with Gasteiger partial charge in [-0.05, 0) is 47.5 Å². The van der Waals surface area contributed by atoms with Crippen LogP contribution in [0.4, 0.5) is 0 Å². The lowest BCUT2D eigenvalue weighted by Gasteiger charge is -2.42. The minimum Gasteiger partial charge on any atom is -0.469 e. The van der Waals surface area contributed by atoms with Crippen LogP contribution in [0.15, 0.2) is 34.2 Å². The number of pyridine rings is 1. The molecular formula is C22H27N3O3S. The van der Waals surface area contributed by atoms with Crippen molar-refractivity contribution in [2.75, 3.05) is 20.2 Å². The number of hydrogen-bond donors (Lipinski definition) is 0. The van der Waals surface area contributed by atoms with Crippen LogP contribution >= 0.6 is 11.5 Å². The van der Waals surface area contributed by atoms with Crippen LogP contribution in [0.2, 0.25) is 0 Å². The van der Waals surface area contributed by atoms with E-state index in [1.165, 1.54) is 18.6 Å². The van der Waals surface area contributed by atoms with Gasteiger partial charge in [-0.2, -0.15) is 4.37 Å². The van der Waals surface area contributed by atoms with Crippen molar-refractivity contribution in [3.05, 3.63) is 35.5 Å². The topological polar surface area (TPSA) is 68.5 Å². The number of carbonyl (C=O) groups is 1. The van der Waals surface area contributed by atoms with E-state index in [2.05, 4.69) is 41.1 Å². The number of methoxy groups -OCH3 is 1. The van der Waals surface area contributed by atoms with Crippen molar-refractivity contribution in [1.29, 1.82) is 0 Å². The maximum absolute atomic E-state index is 12.2. The van der Waals surface area contributed by atoms with Gasteiger partial charge in [-0.15, -0.1) is 0 Å². The number of ether oxygens (including phenoxy) is 1. The molecule has 0 saturated carbocycles. The van der Waals surface area contributed by atoms with Gasteiger partial charge in [-0.25, -0.2) is 4.98 Å². The van der Waals surface area contributed by atoms with E-state index in [-0.39, 0.29) is 17.3 Å². The van der Waals surface area contributed by atoms with Gasteiger partial charge >= 0.3 is 5.97 Å². The summed E-state index contributed by atoms with van der Waals surface area (Å²) in [6.07, 6.45) is 2.67. The van der Waals surface area contributed by atoms with E-state index in [4.69, 9.17) is 9.15 Å². The Labute approximate surface area is 175 Å². The van der Waals surface area contributed by atoms with Gasteiger partial charge < -0.3 is 9.15 Å². The number of esters is 1. The molecule has 154 valence electrons. The highest BCUT2D eigenvalue weighted by molar-refractivity contribution is 7.03. The van der Waals surface area contributed by atoms with Crippen LogP contribution in [-0.4, -0.2) is 40.4 Å². The Bertz CT molecular complexity index is 991. The van der Waals surface area contributed by atoms with Gasteiger partial charge in [-0.1, -0.05) is 20.8 Å². The highest BCUT2D eigenvalue weighted by Crippen LogP contribution is 2.36. The second-order valence-electron chi connectivity index (χ2n) is 8.93. The standard InChI is InChI=1S/C22H27N3O3S/c1-22(2,3)17-8-16(21(26)27-4)11-25(12-17)13-18-9-14-7-15(10-23-20(14)28-18)19-5-6-29-24-19/h5-7,9-10,16-17H,8,11-13H2,1-4H3/t16-,17-/m1/s1. The molecule has 6 nitrogen and oxygen atoms in total. The van der Waals surface area contributed by atoms with Crippen LogP contribution in [0.5, 0.6) is 0 Å². The first-order valence-electron chi connectivity index (χ1n) is 9.93. The maximum Gasteiger partial charge on any atom is 0.309 e. The first-order chi connectivity index (χ1) is 13.8. The highest BCUT2D eigenvalue weighted by Gasteiger charge is 2.37. The van der Waals surface area contributed by atoms with Crippen molar-refractivity contribution in [3.8, 4) is 11.3 Å². The van der Waals surface area contributed by atoms with E-state index in [9.17, 15) is 4.79 Å². The fourth-order valence-corrected chi connectivity index (χ4v) is 4.60. The molecule has 1 saturated heterocycles. The molecular weight excluding hydrogens is 386 g/mol. The summed E-state index contributed by atoms with van der Waals surface area (Å²) in [5, 5.41) is 2.93. The van der Waals surface area contributed by atoms with E-state index in [0.29, 0.717) is 24.7 Å². The quantitative estimate of drug-likeness (QED) is 0.582. The third-order valence-corrected chi connectivity index (χ3v) is 6.38. The van der Waals surface area contributed by atoms with Crippen LogP contribution in [0.3, 0.4) is 0 Å². The zero-order valence-electron chi connectivity index (χ0n) is 17.3. The number of aromatic nitrogens is 2. The van der Waals surface area contributed by atoms with Gasteiger partial charge in [0.25, 0.3) is 0 Å². The number of fused-ring (bicyclic) bond motifs is 1. The Morgan fingerprint density at radius 1 is 1.34 bits per heavy atom. The van der Waals surface area contributed by atoms with Gasteiger partial charge in [0.05, 0.1) is 25.3 Å². The predicted octanol–water partition coefficient (Wildman–Crippen LogP) is 4.61. The average molecular weight is 414 g/mol. The molecule has 0 aromatic carbocycles. The van der Waals surface area contributed by atoms with Gasteiger partial charge in [-0.3, -0.25) is 9.69 Å². The van der Waals surface area contributed by atoms with Crippen molar-refractivity contribution >= 4 is 28.6 Å². The van der Waals surface area contributed by atoms with Crippen molar-refractivity contribution in [1.82, 2.24) is 14.3 Å². The van der Waals surface area contributed by atoms with Crippen LogP contribution in [0.1, 0.15) is 33.0 Å². The van der Waals surface area contributed by atoms with Crippen molar-refractivity contribution in [3.63, 3.8) is 0 Å². The Kier molecular flexibility index (Phi) is 5.44. The van der Waals surface area contributed by atoms with Gasteiger partial charge in [0, 0.05) is 35.6 Å². The van der Waals surface area contributed by atoms with Crippen LogP contribution in [0, 0.1) is 17.3 Å². The fraction of sp³-hybridized carbons (Fsp3) is 0.500. The minimum absolute atomic E-state index is 0.100. The Morgan fingerprint density at radius 2 is 2.17 bits per heavy atom. The summed E-state index contributed by atoms with van der Waals surface area (Å²) < 4.78 is 15.4. The second-order valence-corrected chi connectivity index (χ2v) is 9.59. The van der Waals surface area contributed by atoms with Crippen molar-refractivity contribution in [2.45, 2.75) is 33.7 Å². The van der Waals surface area contributed by atoms with E-state index >= 15 is 0 Å². The molecule has 0 N–H and O–H groups in total. The SMILES string of the molecule is COC(=O)[C@@H]1C[C@@H](C(C)(C)C)CN(Cc2cc3cc(-c4ccsn4)cnc3o2)C1. The Hall–Kier alpha value is -2.25. The molecule has 3 aromatic heterocycles. The molecule has 2 atom stereocenters. The zero-order chi connectivity index (χ0) is 20.6. The van der Waals surface area contributed by atoms with Gasteiger partial charge in [0.15, 0.2) is 0 Å². The normalized spacial score (nSPS) is 20.8. The molecule has 0 aliphatic carbocycles.